The second-order valence-corrected chi connectivity index (χ2v) is 5.86. The van der Waals surface area contributed by atoms with Crippen molar-refractivity contribution in [3.05, 3.63) is 66.6 Å². The van der Waals surface area contributed by atoms with Gasteiger partial charge < -0.3 is 14.6 Å². The monoisotopic (exact) mass is 353 g/mol. The van der Waals surface area contributed by atoms with Crippen molar-refractivity contribution >= 4 is 11.8 Å². The Hall–Kier alpha value is -3.42. The molecule has 3 rings (SSSR count). The second-order valence-electron chi connectivity index (χ2n) is 5.86. The zero-order valence-corrected chi connectivity index (χ0v) is 14.5. The predicted octanol–water partition coefficient (Wildman–Crippen LogP) is 1.81. The minimum atomic E-state index is -0.338. The summed E-state index contributed by atoms with van der Waals surface area (Å²) in [6.45, 7) is 1.83. The first-order valence-electron chi connectivity index (χ1n) is 8.08. The van der Waals surface area contributed by atoms with Crippen LogP contribution in [0.1, 0.15) is 29.1 Å². The number of benzene rings is 1. The van der Waals surface area contributed by atoms with E-state index in [1.807, 2.05) is 31.2 Å². The Labute approximate surface area is 150 Å². The van der Waals surface area contributed by atoms with Gasteiger partial charge in [0.1, 0.15) is 12.7 Å². The fraction of sp³-hybridized carbons (Fsp3) is 0.222. The molecule has 134 valence electrons. The van der Waals surface area contributed by atoms with Crippen molar-refractivity contribution < 1.29 is 14.0 Å². The first-order valence-corrected chi connectivity index (χ1v) is 8.08. The van der Waals surface area contributed by atoms with Crippen molar-refractivity contribution in [1.82, 2.24) is 25.0 Å². The summed E-state index contributed by atoms with van der Waals surface area (Å²) in [5, 5.41) is 6.95. The molecule has 1 unspecified atom stereocenters. The number of carbonyl (C=O) groups excluding carboxylic acids is 2. The summed E-state index contributed by atoms with van der Waals surface area (Å²) in [4.78, 5) is 29.5. The maximum absolute atomic E-state index is 12.2. The Kier molecular flexibility index (Phi) is 5.12. The molecule has 0 spiro atoms. The average Bonchev–Trinajstić information content (AvgIpc) is 3.34. The SMILES string of the molecule is CC(NC(=O)CN(C)C(=O)c1ccco1)c1ccc(-n2cncn2)cc1. The van der Waals surface area contributed by atoms with Crippen LogP contribution in [0.3, 0.4) is 0 Å². The molecular weight excluding hydrogens is 334 g/mol. The van der Waals surface area contributed by atoms with Gasteiger partial charge in [0.2, 0.25) is 5.91 Å². The molecule has 0 saturated carbocycles. The quantitative estimate of drug-likeness (QED) is 0.729. The number of nitrogens with one attached hydrogen (secondary N) is 1. The standard InChI is InChI=1S/C18H19N5O3/c1-13(14-5-7-15(8-6-14)23-12-19-11-20-23)21-17(24)10-22(2)18(25)16-4-3-9-26-16/h3-9,11-13H,10H2,1-2H3,(H,21,24). The highest BCUT2D eigenvalue weighted by molar-refractivity contribution is 5.94. The van der Waals surface area contributed by atoms with Crippen LogP contribution in [0.4, 0.5) is 0 Å². The number of carbonyl (C=O) groups is 2. The number of hydrogen-bond acceptors (Lipinski definition) is 5. The highest BCUT2D eigenvalue weighted by Crippen LogP contribution is 2.15. The van der Waals surface area contributed by atoms with Gasteiger partial charge in [-0.3, -0.25) is 9.59 Å². The van der Waals surface area contributed by atoms with Crippen LogP contribution in [0, 0.1) is 0 Å². The van der Waals surface area contributed by atoms with Gasteiger partial charge in [-0.2, -0.15) is 5.10 Å². The Balaban J connectivity index is 1.56. The molecule has 0 fully saturated rings. The summed E-state index contributed by atoms with van der Waals surface area (Å²) in [5.41, 5.74) is 1.83. The van der Waals surface area contributed by atoms with Gasteiger partial charge in [0, 0.05) is 7.05 Å². The highest BCUT2D eigenvalue weighted by atomic mass is 16.3. The van der Waals surface area contributed by atoms with Gasteiger partial charge in [-0.05, 0) is 36.8 Å². The van der Waals surface area contributed by atoms with E-state index in [9.17, 15) is 9.59 Å². The minimum Gasteiger partial charge on any atom is -0.459 e. The van der Waals surface area contributed by atoms with Crippen LogP contribution in [-0.4, -0.2) is 45.1 Å². The summed E-state index contributed by atoms with van der Waals surface area (Å²) in [7, 11) is 1.56. The van der Waals surface area contributed by atoms with Crippen LogP contribution < -0.4 is 5.32 Å². The lowest BCUT2D eigenvalue weighted by atomic mass is 10.1. The Morgan fingerprint density at radius 3 is 2.65 bits per heavy atom. The molecule has 26 heavy (non-hydrogen) atoms. The number of hydrogen-bond donors (Lipinski definition) is 1. The van der Waals surface area contributed by atoms with E-state index < -0.39 is 0 Å². The van der Waals surface area contributed by atoms with Crippen molar-refractivity contribution in [3.8, 4) is 5.69 Å². The summed E-state index contributed by atoms with van der Waals surface area (Å²) in [6.07, 6.45) is 4.51. The zero-order chi connectivity index (χ0) is 18.5. The van der Waals surface area contributed by atoms with E-state index in [1.54, 1.807) is 30.2 Å². The van der Waals surface area contributed by atoms with E-state index in [0.29, 0.717) is 0 Å². The number of rotatable bonds is 6. The van der Waals surface area contributed by atoms with Crippen molar-refractivity contribution in [1.29, 1.82) is 0 Å². The number of aromatic nitrogens is 3. The molecule has 0 aliphatic carbocycles. The third-order valence-electron chi connectivity index (χ3n) is 3.91. The molecule has 8 nitrogen and oxygen atoms in total. The molecular formula is C18H19N5O3. The van der Waals surface area contributed by atoms with Crippen molar-refractivity contribution in [2.24, 2.45) is 0 Å². The largest absolute Gasteiger partial charge is 0.459 e. The average molecular weight is 353 g/mol. The van der Waals surface area contributed by atoms with E-state index in [1.165, 1.54) is 17.5 Å². The number of furan rings is 1. The minimum absolute atomic E-state index is 0.0546. The molecule has 0 bridgehead atoms. The number of amides is 2. The number of likely N-dealkylation sites (N-methyl/N-ethyl adjacent to an activating group) is 1. The molecule has 0 aliphatic rings. The third kappa shape index (κ3) is 3.97. The van der Waals surface area contributed by atoms with Gasteiger partial charge in [0.05, 0.1) is 24.5 Å². The first-order chi connectivity index (χ1) is 12.5. The van der Waals surface area contributed by atoms with Crippen molar-refractivity contribution in [3.63, 3.8) is 0 Å². The van der Waals surface area contributed by atoms with E-state index in [0.717, 1.165) is 11.3 Å². The number of nitrogens with zero attached hydrogens (tertiary/aromatic N) is 4. The molecule has 2 amide bonds. The topological polar surface area (TPSA) is 93.3 Å². The van der Waals surface area contributed by atoms with Crippen LogP contribution in [0.5, 0.6) is 0 Å². The lowest BCUT2D eigenvalue weighted by Gasteiger charge is -2.19. The zero-order valence-electron chi connectivity index (χ0n) is 14.5. The molecule has 8 heteroatoms. The van der Waals surface area contributed by atoms with Gasteiger partial charge in [0.15, 0.2) is 5.76 Å². The fourth-order valence-corrected chi connectivity index (χ4v) is 2.50. The summed E-state index contributed by atoms with van der Waals surface area (Å²) in [6, 6.07) is 10.6. The first kappa shape index (κ1) is 17.4. The van der Waals surface area contributed by atoms with Crippen molar-refractivity contribution in [2.75, 3.05) is 13.6 Å². The lowest BCUT2D eigenvalue weighted by Crippen LogP contribution is -2.39. The lowest BCUT2D eigenvalue weighted by molar-refractivity contribution is -0.122. The van der Waals surface area contributed by atoms with Gasteiger partial charge in [-0.25, -0.2) is 9.67 Å². The summed E-state index contributed by atoms with van der Waals surface area (Å²) in [5.74, 6) is -0.382. The normalized spacial score (nSPS) is 11.8. The van der Waals surface area contributed by atoms with Gasteiger partial charge in [0.25, 0.3) is 5.91 Å². The Morgan fingerprint density at radius 2 is 2.04 bits per heavy atom. The molecule has 2 heterocycles. The Morgan fingerprint density at radius 1 is 1.27 bits per heavy atom. The molecule has 1 atom stereocenters. The van der Waals surface area contributed by atoms with Gasteiger partial charge in [-0.1, -0.05) is 12.1 Å². The molecule has 0 aliphatic heterocycles. The molecule has 3 aromatic rings. The van der Waals surface area contributed by atoms with E-state index >= 15 is 0 Å². The van der Waals surface area contributed by atoms with E-state index in [2.05, 4.69) is 15.4 Å². The van der Waals surface area contributed by atoms with Crippen LogP contribution in [0.2, 0.25) is 0 Å². The van der Waals surface area contributed by atoms with Crippen LogP contribution in [0.15, 0.2) is 59.7 Å². The maximum Gasteiger partial charge on any atom is 0.289 e. The molecule has 1 N–H and O–H groups in total. The fourth-order valence-electron chi connectivity index (χ4n) is 2.50. The summed E-state index contributed by atoms with van der Waals surface area (Å²) < 4.78 is 6.71. The molecule has 1 aromatic carbocycles. The van der Waals surface area contributed by atoms with Crippen LogP contribution in [-0.2, 0) is 4.79 Å². The summed E-state index contributed by atoms with van der Waals surface area (Å²) >= 11 is 0. The molecule has 2 aromatic heterocycles. The van der Waals surface area contributed by atoms with E-state index in [4.69, 9.17) is 4.42 Å². The third-order valence-corrected chi connectivity index (χ3v) is 3.91. The predicted molar refractivity (Wildman–Crippen MR) is 93.6 cm³/mol. The molecule has 0 saturated heterocycles. The Bertz CT molecular complexity index is 857. The van der Waals surface area contributed by atoms with E-state index in [-0.39, 0.29) is 30.2 Å². The smallest absolute Gasteiger partial charge is 0.289 e. The maximum atomic E-state index is 12.2. The second kappa shape index (κ2) is 7.64. The van der Waals surface area contributed by atoms with Crippen LogP contribution >= 0.6 is 0 Å². The highest BCUT2D eigenvalue weighted by Gasteiger charge is 2.18. The van der Waals surface area contributed by atoms with Gasteiger partial charge >= 0.3 is 0 Å². The van der Waals surface area contributed by atoms with Crippen LogP contribution in [0.25, 0.3) is 5.69 Å². The van der Waals surface area contributed by atoms with Crippen molar-refractivity contribution in [2.45, 2.75) is 13.0 Å². The van der Waals surface area contributed by atoms with Gasteiger partial charge in [-0.15, -0.1) is 0 Å². The molecule has 0 radical (unpaired) electrons.